The number of fused-ring (bicyclic) bond motifs is 5. The minimum Gasteiger partial charge on any atom is -0.302 e. The van der Waals surface area contributed by atoms with Crippen LogP contribution in [0.1, 0.15) is 72.1 Å². The van der Waals surface area contributed by atoms with Gasteiger partial charge in [0.05, 0.1) is 5.41 Å². The normalized spacial score (nSPS) is 48.8. The van der Waals surface area contributed by atoms with Gasteiger partial charge in [0.1, 0.15) is 12.1 Å². The summed E-state index contributed by atoms with van der Waals surface area (Å²) in [5.41, 5.74) is 0.590. The maximum Gasteiger partial charge on any atom is 0.155 e. The molecule has 0 N–H and O–H groups in total. The summed E-state index contributed by atoms with van der Waals surface area (Å²) >= 11 is 0. The number of carbonyl (C=O) groups is 3. The highest BCUT2D eigenvalue weighted by atomic mass is 16.1. The third-order valence-electron chi connectivity index (χ3n) is 9.05. The number of rotatable bonds is 2. The van der Waals surface area contributed by atoms with Crippen LogP contribution >= 0.6 is 0 Å². The third-order valence-corrected chi connectivity index (χ3v) is 9.05. The molecule has 0 bridgehead atoms. The Morgan fingerprint density at radius 2 is 1.80 bits per heavy atom. The van der Waals surface area contributed by atoms with E-state index < -0.39 is 5.41 Å². The van der Waals surface area contributed by atoms with Gasteiger partial charge in [0.15, 0.2) is 5.78 Å². The van der Waals surface area contributed by atoms with Gasteiger partial charge in [-0.15, -0.1) is 0 Å². The molecule has 3 heteroatoms. The fourth-order valence-electron chi connectivity index (χ4n) is 7.49. The number of aldehydes is 1. The van der Waals surface area contributed by atoms with Crippen LogP contribution in [-0.2, 0) is 14.4 Å². The van der Waals surface area contributed by atoms with Gasteiger partial charge in [0.25, 0.3) is 0 Å². The highest BCUT2D eigenvalue weighted by Gasteiger charge is 2.65. The van der Waals surface area contributed by atoms with Crippen molar-refractivity contribution in [1.29, 1.82) is 0 Å². The van der Waals surface area contributed by atoms with Crippen LogP contribution in [0.5, 0.6) is 0 Å². The van der Waals surface area contributed by atoms with Gasteiger partial charge >= 0.3 is 0 Å². The van der Waals surface area contributed by atoms with Crippen LogP contribution in [0.2, 0.25) is 0 Å². The van der Waals surface area contributed by atoms with E-state index in [1.165, 1.54) is 5.57 Å². The minimum atomic E-state index is -0.762. The monoisotopic (exact) mass is 342 g/mol. The second-order valence-electron chi connectivity index (χ2n) is 9.61. The first-order valence-electron chi connectivity index (χ1n) is 10.00. The number of ketones is 2. The number of allylic oxidation sites excluding steroid dienone is 1. The van der Waals surface area contributed by atoms with E-state index in [9.17, 15) is 14.4 Å². The maximum atomic E-state index is 12.5. The van der Waals surface area contributed by atoms with Crippen molar-refractivity contribution in [2.75, 3.05) is 0 Å². The van der Waals surface area contributed by atoms with Gasteiger partial charge in [-0.1, -0.05) is 19.4 Å². The standard InChI is InChI=1S/C22H30O3/c1-14(24)22(13-23)11-8-19-17-5-4-15-12-16(25)6-9-20(15,2)18(17)7-10-21(19,22)3/h12-13,17-19H,4-11H2,1-3H3/t17-,18+,19+,20+,21+,22+/m1/s1. The maximum absolute atomic E-state index is 12.5. The van der Waals surface area contributed by atoms with Crippen LogP contribution < -0.4 is 0 Å². The second-order valence-corrected chi connectivity index (χ2v) is 9.61. The lowest BCUT2D eigenvalue weighted by Gasteiger charge is -2.59. The van der Waals surface area contributed by atoms with Gasteiger partial charge in [0, 0.05) is 6.42 Å². The van der Waals surface area contributed by atoms with Crippen molar-refractivity contribution in [3.05, 3.63) is 11.6 Å². The molecule has 0 aromatic carbocycles. The second kappa shape index (κ2) is 5.37. The topological polar surface area (TPSA) is 51.2 Å². The highest BCUT2D eigenvalue weighted by Crippen LogP contribution is 2.69. The fraction of sp³-hybridized carbons (Fsp3) is 0.773. The first-order valence-corrected chi connectivity index (χ1v) is 10.00. The van der Waals surface area contributed by atoms with E-state index in [4.69, 9.17) is 0 Å². The summed E-state index contributed by atoms with van der Waals surface area (Å²) in [7, 11) is 0. The van der Waals surface area contributed by atoms with Crippen molar-refractivity contribution >= 4 is 17.9 Å². The Morgan fingerprint density at radius 3 is 2.48 bits per heavy atom. The van der Waals surface area contributed by atoms with Gasteiger partial charge in [-0.05, 0) is 86.5 Å². The Kier molecular flexibility index (Phi) is 3.69. The fourth-order valence-corrected chi connectivity index (χ4v) is 7.49. The smallest absolute Gasteiger partial charge is 0.155 e. The Labute approximate surface area is 150 Å². The molecule has 0 aromatic heterocycles. The Hall–Kier alpha value is -1.25. The van der Waals surface area contributed by atoms with E-state index in [2.05, 4.69) is 13.8 Å². The molecule has 4 aliphatic rings. The van der Waals surface area contributed by atoms with E-state index in [-0.39, 0.29) is 16.6 Å². The molecular weight excluding hydrogens is 312 g/mol. The summed E-state index contributed by atoms with van der Waals surface area (Å²) in [6, 6.07) is 0. The summed E-state index contributed by atoms with van der Waals surface area (Å²) in [5, 5.41) is 0. The molecule has 136 valence electrons. The van der Waals surface area contributed by atoms with Gasteiger partial charge in [-0.25, -0.2) is 0 Å². The summed E-state index contributed by atoms with van der Waals surface area (Å²) < 4.78 is 0. The molecule has 4 aliphatic carbocycles. The molecule has 0 heterocycles. The van der Waals surface area contributed by atoms with Crippen molar-refractivity contribution in [1.82, 2.24) is 0 Å². The molecule has 25 heavy (non-hydrogen) atoms. The molecule has 0 amide bonds. The molecule has 6 atom stereocenters. The van der Waals surface area contributed by atoms with E-state index in [1.807, 2.05) is 6.08 Å². The van der Waals surface area contributed by atoms with Gasteiger partial charge < -0.3 is 4.79 Å². The van der Waals surface area contributed by atoms with E-state index in [0.29, 0.717) is 30.0 Å². The Bertz CT molecular complexity index is 677. The summed E-state index contributed by atoms with van der Waals surface area (Å²) in [6.45, 7) is 6.20. The zero-order chi connectivity index (χ0) is 18.0. The molecule has 0 radical (unpaired) electrons. The summed E-state index contributed by atoms with van der Waals surface area (Å²) in [4.78, 5) is 36.4. The molecule has 4 rings (SSSR count). The van der Waals surface area contributed by atoms with Gasteiger partial charge in [-0.3, -0.25) is 9.59 Å². The molecular formula is C22H30O3. The lowest BCUT2D eigenvalue weighted by molar-refractivity contribution is -0.147. The van der Waals surface area contributed by atoms with Gasteiger partial charge in [0.2, 0.25) is 0 Å². The van der Waals surface area contributed by atoms with Crippen molar-refractivity contribution in [2.24, 2.45) is 34.0 Å². The van der Waals surface area contributed by atoms with Crippen molar-refractivity contribution in [2.45, 2.75) is 72.1 Å². The molecule has 0 saturated heterocycles. The van der Waals surface area contributed by atoms with Crippen LogP contribution in [0.3, 0.4) is 0 Å². The molecule has 0 aromatic rings. The predicted octanol–water partition coefficient (Wildman–Crippen LogP) is 4.29. The van der Waals surface area contributed by atoms with Crippen LogP contribution in [0.15, 0.2) is 11.6 Å². The highest BCUT2D eigenvalue weighted by molar-refractivity contribution is 5.98. The van der Waals surface area contributed by atoms with Crippen LogP contribution in [-0.4, -0.2) is 17.9 Å². The average molecular weight is 342 g/mol. The first-order chi connectivity index (χ1) is 11.8. The minimum absolute atomic E-state index is 0.0665. The molecule has 0 aliphatic heterocycles. The van der Waals surface area contributed by atoms with Crippen LogP contribution in [0, 0.1) is 34.0 Å². The Balaban J connectivity index is 1.72. The number of hydrogen-bond donors (Lipinski definition) is 0. The van der Waals surface area contributed by atoms with Crippen LogP contribution in [0.25, 0.3) is 0 Å². The lowest BCUT2D eigenvalue weighted by Crippen LogP contribution is -2.54. The SMILES string of the molecule is CC(=O)[C@@]1(C=O)CC[C@H]2[C@@H]3CCC4=CC(=O)CC[C@]4(C)[C@H]3CC[C@@]21C. The third kappa shape index (κ3) is 2.01. The lowest BCUT2D eigenvalue weighted by atomic mass is 9.45. The van der Waals surface area contributed by atoms with Crippen molar-refractivity contribution in [3.8, 4) is 0 Å². The molecule has 0 spiro atoms. The van der Waals surface area contributed by atoms with Crippen molar-refractivity contribution in [3.63, 3.8) is 0 Å². The van der Waals surface area contributed by atoms with Gasteiger partial charge in [-0.2, -0.15) is 0 Å². The average Bonchev–Trinajstić information content (AvgIpc) is 2.89. The van der Waals surface area contributed by atoms with E-state index >= 15 is 0 Å². The predicted molar refractivity (Wildman–Crippen MR) is 95.9 cm³/mol. The molecule has 3 fully saturated rings. The molecule has 3 saturated carbocycles. The quantitative estimate of drug-likeness (QED) is 0.555. The largest absolute Gasteiger partial charge is 0.302 e. The zero-order valence-electron chi connectivity index (χ0n) is 15.8. The van der Waals surface area contributed by atoms with E-state index in [1.54, 1.807) is 6.92 Å². The molecule has 3 nitrogen and oxygen atoms in total. The number of Topliss-reactive ketones (excluding diaryl/α,β-unsaturated/α-hetero) is 1. The first kappa shape index (κ1) is 17.2. The van der Waals surface area contributed by atoms with E-state index in [0.717, 1.165) is 51.2 Å². The zero-order valence-corrected chi connectivity index (χ0v) is 15.8. The number of carbonyl (C=O) groups excluding carboxylic acids is 3. The summed E-state index contributed by atoms with van der Waals surface area (Å²) in [6.07, 6.45) is 10.5. The van der Waals surface area contributed by atoms with Crippen LogP contribution in [0.4, 0.5) is 0 Å². The molecule has 0 unspecified atom stereocenters. The number of hydrogen-bond acceptors (Lipinski definition) is 3. The Morgan fingerprint density at radius 1 is 1.08 bits per heavy atom. The summed E-state index contributed by atoms with van der Waals surface area (Å²) in [5.74, 6) is 2.03. The van der Waals surface area contributed by atoms with Crippen molar-refractivity contribution < 1.29 is 14.4 Å².